The molecule has 3 N–H and O–H groups in total. The van der Waals surface area contributed by atoms with Crippen molar-refractivity contribution in [2.75, 3.05) is 5.75 Å². The van der Waals surface area contributed by atoms with Crippen LogP contribution in [0.3, 0.4) is 0 Å². The zero-order valence-electron chi connectivity index (χ0n) is 8.17. The van der Waals surface area contributed by atoms with Gasteiger partial charge in [-0.1, -0.05) is 15.9 Å². The predicted octanol–water partition coefficient (Wildman–Crippen LogP) is 1.47. The molecule has 0 radical (unpaired) electrons. The van der Waals surface area contributed by atoms with Gasteiger partial charge in [-0.2, -0.15) is 12.6 Å². The topological polar surface area (TPSA) is 77.8 Å². The second-order valence-corrected chi connectivity index (χ2v) is 4.55. The molecule has 2 atom stereocenters. The van der Waals surface area contributed by atoms with Crippen LogP contribution >= 0.6 is 28.6 Å². The largest absolute Gasteiger partial charge is 0.478 e. The molecule has 0 bridgehead atoms. The molecule has 0 aliphatic carbocycles. The van der Waals surface area contributed by atoms with Crippen LogP contribution in [0.2, 0.25) is 0 Å². The molecule has 1 aromatic rings. The molecule has 2 unspecified atom stereocenters. The maximum absolute atomic E-state index is 10.8. The Labute approximate surface area is 106 Å². The minimum atomic E-state index is -1.15. The molecule has 0 spiro atoms. The number of carboxylic acid groups (broad SMARTS) is 1. The molecule has 4 nitrogen and oxygen atoms in total. The third-order valence-corrected chi connectivity index (χ3v) is 2.89. The molecule has 16 heavy (non-hydrogen) atoms. The maximum atomic E-state index is 10.8. The quantitative estimate of drug-likeness (QED) is 0.635. The molecule has 1 aromatic carbocycles. The standard InChI is InChI=1S/C10H11BrO4S/c11-7-2-5(9(13)8(12)4-16)1-6(3-7)10(14)15/h1-3,8-9,12-13,16H,4H2,(H,14,15). The number of thiol groups is 1. The second-order valence-electron chi connectivity index (χ2n) is 3.27. The van der Waals surface area contributed by atoms with Gasteiger partial charge in [0, 0.05) is 10.2 Å². The summed E-state index contributed by atoms with van der Waals surface area (Å²) in [4.78, 5) is 10.8. The van der Waals surface area contributed by atoms with Crippen molar-refractivity contribution >= 4 is 34.5 Å². The van der Waals surface area contributed by atoms with Gasteiger partial charge in [0.25, 0.3) is 0 Å². The van der Waals surface area contributed by atoms with Gasteiger partial charge in [0.1, 0.15) is 6.10 Å². The van der Waals surface area contributed by atoms with Crippen molar-refractivity contribution in [3.05, 3.63) is 33.8 Å². The number of hydrogen-bond donors (Lipinski definition) is 4. The van der Waals surface area contributed by atoms with Crippen LogP contribution in [0.4, 0.5) is 0 Å². The zero-order chi connectivity index (χ0) is 12.3. The average molecular weight is 307 g/mol. The van der Waals surface area contributed by atoms with E-state index in [1.165, 1.54) is 12.1 Å². The van der Waals surface area contributed by atoms with Gasteiger partial charge >= 0.3 is 5.97 Å². The fourth-order valence-electron chi connectivity index (χ4n) is 1.23. The molecular weight excluding hydrogens is 296 g/mol. The van der Waals surface area contributed by atoms with Gasteiger partial charge in [-0.05, 0) is 23.8 Å². The third-order valence-electron chi connectivity index (χ3n) is 2.06. The Bertz CT molecular complexity index is 396. The molecule has 0 amide bonds. The van der Waals surface area contributed by atoms with Crippen molar-refractivity contribution in [2.24, 2.45) is 0 Å². The van der Waals surface area contributed by atoms with E-state index in [1.54, 1.807) is 6.07 Å². The highest BCUT2D eigenvalue weighted by Crippen LogP contribution is 2.23. The van der Waals surface area contributed by atoms with Crippen LogP contribution in [-0.4, -0.2) is 33.1 Å². The number of aliphatic hydroxyl groups is 2. The van der Waals surface area contributed by atoms with Crippen LogP contribution in [0.1, 0.15) is 22.0 Å². The minimum absolute atomic E-state index is 0.0507. The van der Waals surface area contributed by atoms with Crippen molar-refractivity contribution in [3.8, 4) is 0 Å². The Hall–Kier alpha value is -0.560. The van der Waals surface area contributed by atoms with Gasteiger partial charge < -0.3 is 15.3 Å². The van der Waals surface area contributed by atoms with E-state index in [0.29, 0.717) is 10.0 Å². The van der Waals surface area contributed by atoms with Crippen LogP contribution in [0.25, 0.3) is 0 Å². The number of aliphatic hydroxyl groups excluding tert-OH is 2. The Morgan fingerprint density at radius 3 is 2.50 bits per heavy atom. The first kappa shape index (κ1) is 13.5. The smallest absolute Gasteiger partial charge is 0.335 e. The summed E-state index contributed by atoms with van der Waals surface area (Å²) in [6.07, 6.45) is -2.17. The Balaban J connectivity index is 3.09. The van der Waals surface area contributed by atoms with E-state index in [0.717, 1.165) is 0 Å². The molecule has 6 heteroatoms. The van der Waals surface area contributed by atoms with Crippen LogP contribution in [-0.2, 0) is 0 Å². The van der Waals surface area contributed by atoms with Crippen molar-refractivity contribution in [1.29, 1.82) is 0 Å². The molecule has 0 aromatic heterocycles. The Morgan fingerprint density at radius 1 is 1.38 bits per heavy atom. The van der Waals surface area contributed by atoms with Crippen molar-refractivity contribution in [1.82, 2.24) is 0 Å². The van der Waals surface area contributed by atoms with Crippen LogP contribution < -0.4 is 0 Å². The summed E-state index contributed by atoms with van der Waals surface area (Å²) in [5, 5.41) is 27.9. The number of carbonyl (C=O) groups is 1. The van der Waals surface area contributed by atoms with Crippen LogP contribution in [0.5, 0.6) is 0 Å². The lowest BCUT2D eigenvalue weighted by Crippen LogP contribution is -2.20. The number of hydrogen-bond acceptors (Lipinski definition) is 4. The summed E-state index contributed by atoms with van der Waals surface area (Å²) in [7, 11) is 0. The lowest BCUT2D eigenvalue weighted by Gasteiger charge is -2.16. The van der Waals surface area contributed by atoms with Gasteiger partial charge in [-0.25, -0.2) is 4.79 Å². The molecular formula is C10H11BrO4S. The molecule has 0 fully saturated rings. The molecule has 0 heterocycles. The second kappa shape index (κ2) is 5.67. The zero-order valence-corrected chi connectivity index (χ0v) is 10.6. The number of halogens is 1. The fraction of sp³-hybridized carbons (Fsp3) is 0.300. The van der Waals surface area contributed by atoms with E-state index in [-0.39, 0.29) is 11.3 Å². The summed E-state index contributed by atoms with van der Waals surface area (Å²) in [5.41, 5.74) is 0.392. The molecule has 1 rings (SSSR count). The molecule has 0 aliphatic heterocycles. The van der Waals surface area contributed by atoms with E-state index < -0.39 is 18.2 Å². The van der Waals surface area contributed by atoms with Crippen LogP contribution in [0, 0.1) is 0 Å². The number of rotatable bonds is 4. The van der Waals surface area contributed by atoms with Gasteiger partial charge in [-0.15, -0.1) is 0 Å². The van der Waals surface area contributed by atoms with E-state index in [2.05, 4.69) is 28.6 Å². The van der Waals surface area contributed by atoms with Crippen LogP contribution in [0.15, 0.2) is 22.7 Å². The van der Waals surface area contributed by atoms with Gasteiger partial charge in [0.2, 0.25) is 0 Å². The minimum Gasteiger partial charge on any atom is -0.478 e. The number of benzene rings is 1. The first-order valence-corrected chi connectivity index (χ1v) is 5.89. The monoisotopic (exact) mass is 306 g/mol. The lowest BCUT2D eigenvalue weighted by atomic mass is 10.0. The summed E-state index contributed by atoms with van der Waals surface area (Å²) in [6, 6.07) is 4.31. The highest BCUT2D eigenvalue weighted by atomic mass is 79.9. The maximum Gasteiger partial charge on any atom is 0.335 e. The Kier molecular flexibility index (Phi) is 4.79. The molecule has 0 saturated carbocycles. The van der Waals surface area contributed by atoms with E-state index in [4.69, 9.17) is 5.11 Å². The van der Waals surface area contributed by atoms with E-state index in [9.17, 15) is 15.0 Å². The van der Waals surface area contributed by atoms with Gasteiger partial charge in [-0.3, -0.25) is 0 Å². The number of aromatic carboxylic acids is 1. The summed E-state index contributed by atoms with van der Waals surface area (Å²) >= 11 is 7.00. The molecule has 0 aliphatic rings. The normalized spacial score (nSPS) is 14.5. The Morgan fingerprint density at radius 2 is 2.00 bits per heavy atom. The summed E-state index contributed by atoms with van der Waals surface area (Å²) in [6.45, 7) is 0. The lowest BCUT2D eigenvalue weighted by molar-refractivity contribution is 0.0336. The SMILES string of the molecule is O=C(O)c1cc(Br)cc(C(O)C(O)CS)c1. The highest BCUT2D eigenvalue weighted by Gasteiger charge is 2.18. The van der Waals surface area contributed by atoms with E-state index >= 15 is 0 Å². The van der Waals surface area contributed by atoms with Crippen molar-refractivity contribution in [2.45, 2.75) is 12.2 Å². The first-order valence-electron chi connectivity index (χ1n) is 4.46. The highest BCUT2D eigenvalue weighted by molar-refractivity contribution is 9.10. The van der Waals surface area contributed by atoms with Gasteiger partial charge in [0.15, 0.2) is 0 Å². The van der Waals surface area contributed by atoms with E-state index in [1.807, 2.05) is 0 Å². The molecule has 88 valence electrons. The predicted molar refractivity (Wildman–Crippen MR) is 65.9 cm³/mol. The first-order chi connectivity index (χ1) is 7.45. The average Bonchev–Trinajstić information content (AvgIpc) is 2.26. The van der Waals surface area contributed by atoms with Crippen molar-refractivity contribution < 1.29 is 20.1 Å². The van der Waals surface area contributed by atoms with Gasteiger partial charge in [0.05, 0.1) is 11.7 Å². The van der Waals surface area contributed by atoms with Crippen molar-refractivity contribution in [3.63, 3.8) is 0 Å². The fourth-order valence-corrected chi connectivity index (χ4v) is 1.94. The summed E-state index contributed by atoms with van der Waals surface area (Å²) < 4.78 is 0.535. The molecule has 0 saturated heterocycles. The third kappa shape index (κ3) is 3.21. The summed E-state index contributed by atoms with van der Waals surface area (Å²) in [5.74, 6) is -0.995. The number of carboxylic acids is 1.